The number of aromatic nitrogens is 3. The van der Waals surface area contributed by atoms with Gasteiger partial charge in [-0.1, -0.05) is 41.0 Å². The third-order valence-electron chi connectivity index (χ3n) is 4.07. The Morgan fingerprint density at radius 3 is 2.55 bits per heavy atom. The first-order chi connectivity index (χ1) is 13.9. The zero-order valence-electron chi connectivity index (χ0n) is 15.7. The molecule has 29 heavy (non-hydrogen) atoms. The van der Waals surface area contributed by atoms with Gasteiger partial charge >= 0.3 is 0 Å². The number of nitro groups is 1. The highest BCUT2D eigenvalue weighted by Gasteiger charge is 2.25. The standard InChI is InChI=1S/C19H18Cl2N4O3S/c1-3-28-15-7-5-14(6-8-15)25-12(2)22-23-19(25)29-18(11-24(26)27)16-9-4-13(20)10-17(16)21/h4-10,18H,3,11H2,1-2H3/t18-/m1/s1. The molecular formula is C19H18Cl2N4O3S. The van der Waals surface area contributed by atoms with Gasteiger partial charge < -0.3 is 4.74 Å². The Kier molecular flexibility index (Phi) is 7.00. The van der Waals surface area contributed by atoms with E-state index in [9.17, 15) is 10.1 Å². The van der Waals surface area contributed by atoms with Gasteiger partial charge in [-0.05, 0) is 55.8 Å². The molecule has 0 saturated carbocycles. The van der Waals surface area contributed by atoms with Crippen molar-refractivity contribution in [2.45, 2.75) is 24.3 Å². The molecule has 3 aromatic rings. The van der Waals surface area contributed by atoms with Crippen molar-refractivity contribution in [2.24, 2.45) is 0 Å². The lowest BCUT2D eigenvalue weighted by Crippen LogP contribution is -2.11. The lowest BCUT2D eigenvalue weighted by Gasteiger charge is -2.16. The van der Waals surface area contributed by atoms with Crippen LogP contribution in [0.25, 0.3) is 5.69 Å². The number of benzene rings is 2. The summed E-state index contributed by atoms with van der Waals surface area (Å²) in [5, 5.41) is 20.5. The van der Waals surface area contributed by atoms with Crippen molar-refractivity contribution >= 4 is 35.0 Å². The van der Waals surface area contributed by atoms with Crippen molar-refractivity contribution in [3.05, 3.63) is 74.0 Å². The Balaban J connectivity index is 1.95. The fraction of sp³-hybridized carbons (Fsp3) is 0.263. The van der Waals surface area contributed by atoms with Crippen LogP contribution in [0.4, 0.5) is 0 Å². The molecule has 2 aromatic carbocycles. The van der Waals surface area contributed by atoms with Crippen LogP contribution in [-0.4, -0.2) is 32.8 Å². The zero-order valence-corrected chi connectivity index (χ0v) is 18.0. The van der Waals surface area contributed by atoms with Gasteiger partial charge in [0.15, 0.2) is 5.16 Å². The summed E-state index contributed by atoms with van der Waals surface area (Å²) in [5.74, 6) is 1.43. The SMILES string of the molecule is CCOc1ccc(-n2c(C)nnc2S[C@H](C[N+](=O)[O-])c2ccc(Cl)cc2Cl)cc1. The van der Waals surface area contributed by atoms with E-state index in [-0.39, 0.29) is 11.5 Å². The van der Waals surface area contributed by atoms with Gasteiger partial charge in [0.25, 0.3) is 0 Å². The molecule has 0 unspecified atom stereocenters. The Hall–Kier alpha value is -2.29. The van der Waals surface area contributed by atoms with E-state index in [2.05, 4.69) is 10.2 Å². The lowest BCUT2D eigenvalue weighted by atomic mass is 10.1. The van der Waals surface area contributed by atoms with Crippen molar-refractivity contribution in [1.82, 2.24) is 14.8 Å². The van der Waals surface area contributed by atoms with Crippen molar-refractivity contribution in [3.8, 4) is 11.4 Å². The molecule has 0 saturated heterocycles. The molecule has 3 rings (SSSR count). The van der Waals surface area contributed by atoms with E-state index < -0.39 is 5.25 Å². The van der Waals surface area contributed by atoms with E-state index in [0.29, 0.717) is 33.2 Å². The van der Waals surface area contributed by atoms with Crippen LogP contribution in [0.15, 0.2) is 47.6 Å². The predicted octanol–water partition coefficient (Wildman–Crippen LogP) is 5.39. The highest BCUT2D eigenvalue weighted by atomic mass is 35.5. The number of hydrogen-bond acceptors (Lipinski definition) is 6. The second kappa shape index (κ2) is 9.47. The number of halogens is 2. The van der Waals surface area contributed by atoms with Gasteiger partial charge in [0, 0.05) is 20.7 Å². The number of aryl methyl sites for hydroxylation is 1. The van der Waals surface area contributed by atoms with Crippen molar-refractivity contribution < 1.29 is 9.66 Å². The van der Waals surface area contributed by atoms with Crippen molar-refractivity contribution in [3.63, 3.8) is 0 Å². The minimum atomic E-state index is -0.556. The second-order valence-electron chi connectivity index (χ2n) is 6.08. The number of nitrogens with zero attached hydrogens (tertiary/aromatic N) is 4. The first-order valence-corrected chi connectivity index (χ1v) is 10.4. The van der Waals surface area contributed by atoms with Gasteiger partial charge in [0.2, 0.25) is 6.54 Å². The molecular weight excluding hydrogens is 435 g/mol. The third-order valence-corrected chi connectivity index (χ3v) is 5.80. The number of rotatable bonds is 8. The summed E-state index contributed by atoms with van der Waals surface area (Å²) >= 11 is 13.5. The van der Waals surface area contributed by atoms with Crippen LogP contribution >= 0.6 is 35.0 Å². The first kappa shape index (κ1) is 21.4. The van der Waals surface area contributed by atoms with Crippen LogP contribution in [0.5, 0.6) is 5.75 Å². The van der Waals surface area contributed by atoms with Crippen LogP contribution in [0.1, 0.15) is 23.6 Å². The molecule has 10 heteroatoms. The zero-order chi connectivity index (χ0) is 21.0. The molecule has 0 spiro atoms. The van der Waals surface area contributed by atoms with Crippen LogP contribution in [-0.2, 0) is 0 Å². The maximum atomic E-state index is 11.3. The highest BCUT2D eigenvalue weighted by Crippen LogP contribution is 2.39. The minimum absolute atomic E-state index is 0.318. The molecule has 0 aliphatic heterocycles. The molecule has 0 amide bonds. The molecule has 1 aromatic heterocycles. The molecule has 7 nitrogen and oxygen atoms in total. The van der Waals surface area contributed by atoms with Gasteiger partial charge in [0.1, 0.15) is 16.8 Å². The monoisotopic (exact) mass is 452 g/mol. The van der Waals surface area contributed by atoms with Gasteiger partial charge in [-0.25, -0.2) is 0 Å². The normalized spacial score (nSPS) is 12.0. The van der Waals surface area contributed by atoms with E-state index >= 15 is 0 Å². The summed E-state index contributed by atoms with van der Waals surface area (Å²) in [6.07, 6.45) is 0. The first-order valence-electron chi connectivity index (χ1n) is 8.77. The van der Waals surface area contributed by atoms with E-state index in [1.165, 1.54) is 11.8 Å². The van der Waals surface area contributed by atoms with Crippen LogP contribution in [0, 0.1) is 17.0 Å². The molecule has 0 fully saturated rings. The molecule has 0 aliphatic rings. The van der Waals surface area contributed by atoms with Crippen LogP contribution in [0.2, 0.25) is 10.0 Å². The van der Waals surface area contributed by atoms with Crippen LogP contribution < -0.4 is 4.74 Å². The summed E-state index contributed by atoms with van der Waals surface area (Å²) in [6.45, 7) is 4.01. The molecule has 0 N–H and O–H groups in total. The topological polar surface area (TPSA) is 83.1 Å². The van der Waals surface area contributed by atoms with Gasteiger partial charge in [-0.3, -0.25) is 14.7 Å². The smallest absolute Gasteiger partial charge is 0.220 e. The Morgan fingerprint density at radius 2 is 1.93 bits per heavy atom. The van der Waals surface area contributed by atoms with Gasteiger partial charge in [0.05, 0.1) is 6.61 Å². The lowest BCUT2D eigenvalue weighted by molar-refractivity contribution is -0.479. The van der Waals surface area contributed by atoms with E-state index in [1.54, 1.807) is 18.2 Å². The summed E-state index contributed by atoms with van der Waals surface area (Å²) < 4.78 is 7.33. The molecule has 1 heterocycles. The van der Waals surface area contributed by atoms with E-state index in [1.807, 2.05) is 42.7 Å². The molecule has 1 atom stereocenters. The minimum Gasteiger partial charge on any atom is -0.494 e. The Morgan fingerprint density at radius 1 is 1.21 bits per heavy atom. The fourth-order valence-corrected chi connectivity index (χ4v) is 4.62. The van der Waals surface area contributed by atoms with Gasteiger partial charge in [-0.2, -0.15) is 0 Å². The maximum Gasteiger partial charge on any atom is 0.220 e. The number of thioether (sulfide) groups is 1. The Labute approximate surface area is 182 Å². The molecule has 0 bridgehead atoms. The second-order valence-corrected chi connectivity index (χ2v) is 8.09. The third kappa shape index (κ3) is 5.20. The van der Waals surface area contributed by atoms with Crippen molar-refractivity contribution in [1.29, 1.82) is 0 Å². The Bertz CT molecular complexity index is 1010. The summed E-state index contributed by atoms with van der Waals surface area (Å²) in [6, 6.07) is 12.4. The average Bonchev–Trinajstić information content (AvgIpc) is 3.02. The summed E-state index contributed by atoms with van der Waals surface area (Å²) in [5.41, 5.74) is 1.46. The van der Waals surface area contributed by atoms with Gasteiger partial charge in [-0.15, -0.1) is 10.2 Å². The average molecular weight is 453 g/mol. The maximum absolute atomic E-state index is 11.3. The summed E-state index contributed by atoms with van der Waals surface area (Å²) in [7, 11) is 0. The van der Waals surface area contributed by atoms with E-state index in [0.717, 1.165) is 11.4 Å². The van der Waals surface area contributed by atoms with Crippen molar-refractivity contribution in [2.75, 3.05) is 13.2 Å². The molecule has 0 aliphatic carbocycles. The number of hydrogen-bond donors (Lipinski definition) is 0. The highest BCUT2D eigenvalue weighted by molar-refractivity contribution is 7.99. The number of ether oxygens (including phenoxy) is 1. The molecule has 152 valence electrons. The largest absolute Gasteiger partial charge is 0.494 e. The van der Waals surface area contributed by atoms with E-state index in [4.69, 9.17) is 27.9 Å². The predicted molar refractivity (Wildman–Crippen MR) is 114 cm³/mol. The fourth-order valence-electron chi connectivity index (χ4n) is 2.80. The summed E-state index contributed by atoms with van der Waals surface area (Å²) in [4.78, 5) is 10.9. The molecule has 0 radical (unpaired) electrons. The quantitative estimate of drug-likeness (QED) is 0.258. The van der Waals surface area contributed by atoms with Crippen LogP contribution in [0.3, 0.4) is 0 Å².